The highest BCUT2D eigenvalue weighted by molar-refractivity contribution is 7.86. The lowest BCUT2D eigenvalue weighted by atomic mass is 9.92. The minimum absolute atomic E-state index is 0.223. The molecule has 0 spiro atoms. The monoisotopic (exact) mass is 392 g/mol. The number of piperidine rings is 1. The quantitative estimate of drug-likeness (QED) is 0.771. The molecule has 0 saturated carbocycles. The Bertz CT molecular complexity index is 922. The summed E-state index contributed by atoms with van der Waals surface area (Å²) in [5.74, 6) is 0.223. The minimum atomic E-state index is -3.38. The molecule has 2 aromatic heterocycles. The van der Waals surface area contributed by atoms with Crippen molar-refractivity contribution in [2.75, 3.05) is 27.2 Å². The van der Waals surface area contributed by atoms with Crippen LogP contribution in [0.2, 0.25) is 0 Å². The molecule has 3 rings (SSSR count). The first-order chi connectivity index (χ1) is 12.7. The first kappa shape index (κ1) is 19.9. The zero-order chi connectivity index (χ0) is 19.8. The lowest BCUT2D eigenvalue weighted by molar-refractivity contribution is 0.253. The third-order valence-corrected chi connectivity index (χ3v) is 7.18. The summed E-state index contributed by atoms with van der Waals surface area (Å²) in [4.78, 5) is 9.17. The number of rotatable bonds is 5. The molecule has 2 aromatic rings. The van der Waals surface area contributed by atoms with Crippen LogP contribution < -0.4 is 0 Å². The number of nitrogens with zero attached hydrogens (tertiary/aromatic N) is 6. The average Bonchev–Trinajstić information content (AvgIpc) is 2.88. The second-order valence-electron chi connectivity index (χ2n) is 7.38. The highest BCUT2D eigenvalue weighted by Gasteiger charge is 2.31. The lowest BCUT2D eigenvalue weighted by Gasteiger charge is -2.33. The van der Waals surface area contributed by atoms with E-state index in [4.69, 9.17) is 0 Å². The van der Waals surface area contributed by atoms with E-state index in [9.17, 15) is 8.42 Å². The Labute approximate surface area is 161 Å². The van der Waals surface area contributed by atoms with Crippen LogP contribution in [0.3, 0.4) is 0 Å². The summed E-state index contributed by atoms with van der Waals surface area (Å²) in [6.07, 6.45) is 5.96. The van der Waals surface area contributed by atoms with Gasteiger partial charge in [-0.2, -0.15) is 22.1 Å². The van der Waals surface area contributed by atoms with Crippen molar-refractivity contribution < 1.29 is 8.42 Å². The van der Waals surface area contributed by atoms with E-state index < -0.39 is 10.2 Å². The van der Waals surface area contributed by atoms with E-state index in [0.717, 1.165) is 41.2 Å². The highest BCUT2D eigenvalue weighted by Crippen LogP contribution is 2.30. The highest BCUT2D eigenvalue weighted by atomic mass is 32.2. The van der Waals surface area contributed by atoms with Gasteiger partial charge in [0.05, 0.1) is 17.1 Å². The molecule has 3 heterocycles. The van der Waals surface area contributed by atoms with E-state index in [0.29, 0.717) is 19.5 Å². The maximum absolute atomic E-state index is 12.5. The molecule has 1 fully saturated rings. The number of aryl methyl sites for hydroxylation is 2. The van der Waals surface area contributed by atoms with Gasteiger partial charge in [-0.3, -0.25) is 14.6 Å². The molecular formula is C18H28N6O2S. The predicted molar refractivity (Wildman–Crippen MR) is 104 cm³/mol. The second-order valence-corrected chi connectivity index (χ2v) is 9.52. The van der Waals surface area contributed by atoms with Crippen molar-refractivity contribution in [3.8, 4) is 11.3 Å². The third kappa shape index (κ3) is 3.90. The summed E-state index contributed by atoms with van der Waals surface area (Å²) < 4.78 is 29.7. The fourth-order valence-electron chi connectivity index (χ4n) is 3.75. The smallest absolute Gasteiger partial charge is 0.272 e. The zero-order valence-electron chi connectivity index (χ0n) is 16.7. The molecule has 0 amide bonds. The number of aromatic nitrogens is 4. The van der Waals surface area contributed by atoms with E-state index >= 15 is 0 Å². The molecule has 8 nitrogen and oxygen atoms in total. The number of hydrogen-bond donors (Lipinski definition) is 0. The fraction of sp³-hybridized carbons (Fsp3) is 0.611. The molecule has 1 atom stereocenters. The van der Waals surface area contributed by atoms with Crippen LogP contribution in [0.25, 0.3) is 11.3 Å². The van der Waals surface area contributed by atoms with Gasteiger partial charge in [-0.15, -0.1) is 0 Å². The molecule has 0 N–H and O–H groups in total. The second kappa shape index (κ2) is 7.65. The molecule has 1 unspecified atom stereocenters. The van der Waals surface area contributed by atoms with Gasteiger partial charge in [-0.25, -0.2) is 0 Å². The summed E-state index contributed by atoms with van der Waals surface area (Å²) in [6, 6.07) is 0. The topological polar surface area (TPSA) is 84.2 Å². The van der Waals surface area contributed by atoms with Gasteiger partial charge in [0.25, 0.3) is 10.2 Å². The molecule has 27 heavy (non-hydrogen) atoms. The Morgan fingerprint density at radius 3 is 2.56 bits per heavy atom. The predicted octanol–water partition coefficient (Wildman–Crippen LogP) is 1.55. The molecule has 148 valence electrons. The number of hydrogen-bond acceptors (Lipinski definition) is 5. The van der Waals surface area contributed by atoms with Crippen molar-refractivity contribution in [2.45, 2.75) is 33.1 Å². The summed E-state index contributed by atoms with van der Waals surface area (Å²) in [5.41, 5.74) is 4.76. The van der Waals surface area contributed by atoms with Crippen molar-refractivity contribution >= 4 is 10.2 Å². The van der Waals surface area contributed by atoms with E-state index in [1.807, 2.05) is 25.6 Å². The van der Waals surface area contributed by atoms with E-state index in [-0.39, 0.29) is 5.92 Å². The van der Waals surface area contributed by atoms with Crippen LogP contribution in [0, 0.1) is 19.8 Å². The van der Waals surface area contributed by atoms with Crippen molar-refractivity contribution in [3.05, 3.63) is 29.5 Å². The average molecular weight is 393 g/mol. The van der Waals surface area contributed by atoms with Crippen molar-refractivity contribution in [3.63, 3.8) is 0 Å². The Hall–Kier alpha value is -1.84. The van der Waals surface area contributed by atoms with Crippen molar-refractivity contribution in [1.82, 2.24) is 28.4 Å². The molecule has 0 radical (unpaired) electrons. The van der Waals surface area contributed by atoms with Gasteiger partial charge < -0.3 is 0 Å². The van der Waals surface area contributed by atoms with Gasteiger partial charge in [0.1, 0.15) is 0 Å². The molecule has 9 heteroatoms. The van der Waals surface area contributed by atoms with Crippen LogP contribution in [0.1, 0.15) is 29.9 Å². The van der Waals surface area contributed by atoms with Crippen molar-refractivity contribution in [1.29, 1.82) is 0 Å². The largest absolute Gasteiger partial charge is 0.281 e. The molecule has 0 bridgehead atoms. The zero-order valence-corrected chi connectivity index (χ0v) is 17.5. The van der Waals surface area contributed by atoms with Gasteiger partial charge in [0, 0.05) is 57.9 Å². The molecule has 0 aromatic carbocycles. The summed E-state index contributed by atoms with van der Waals surface area (Å²) in [5, 5.41) is 4.49. The Kier molecular flexibility index (Phi) is 5.64. The maximum atomic E-state index is 12.5. The van der Waals surface area contributed by atoms with Gasteiger partial charge in [-0.1, -0.05) is 0 Å². The van der Waals surface area contributed by atoms with Gasteiger partial charge in [0.2, 0.25) is 0 Å². The van der Waals surface area contributed by atoms with Crippen LogP contribution in [-0.2, 0) is 23.7 Å². The van der Waals surface area contributed by atoms with Crippen LogP contribution in [-0.4, -0.2) is 64.0 Å². The lowest BCUT2D eigenvalue weighted by Crippen LogP contribution is -2.45. The minimum Gasteiger partial charge on any atom is -0.272 e. The Balaban J connectivity index is 1.87. The van der Waals surface area contributed by atoms with E-state index in [1.165, 1.54) is 4.31 Å². The first-order valence-electron chi connectivity index (χ1n) is 9.20. The summed E-state index contributed by atoms with van der Waals surface area (Å²) in [7, 11) is 1.70. The maximum Gasteiger partial charge on any atom is 0.281 e. The standard InChI is InChI=1S/C18H28N6O2S/c1-13-17(14(2)23(5)21-13)18-16(19-8-9-20-18)11-15-7-6-10-24(12-15)27(25,26)22(3)4/h8-9,15H,6-7,10-12H2,1-5H3. The fourth-order valence-corrected chi connectivity index (χ4v) is 4.97. The first-order valence-corrected chi connectivity index (χ1v) is 10.6. The molecule has 1 aliphatic rings. The molecule has 1 saturated heterocycles. The van der Waals surface area contributed by atoms with Crippen LogP contribution in [0.5, 0.6) is 0 Å². The van der Waals surface area contributed by atoms with Crippen LogP contribution in [0.15, 0.2) is 12.4 Å². The Morgan fingerprint density at radius 1 is 1.22 bits per heavy atom. The van der Waals surface area contributed by atoms with E-state index in [2.05, 4.69) is 15.1 Å². The van der Waals surface area contributed by atoms with Gasteiger partial charge >= 0.3 is 0 Å². The normalized spacial score (nSPS) is 19.0. The van der Waals surface area contributed by atoms with Crippen LogP contribution in [0.4, 0.5) is 0 Å². The Morgan fingerprint density at radius 2 is 1.93 bits per heavy atom. The van der Waals surface area contributed by atoms with Gasteiger partial charge in [-0.05, 0) is 39.0 Å². The summed E-state index contributed by atoms with van der Waals surface area (Å²) >= 11 is 0. The molecular weight excluding hydrogens is 364 g/mol. The van der Waals surface area contributed by atoms with Crippen LogP contribution >= 0.6 is 0 Å². The summed E-state index contributed by atoms with van der Waals surface area (Å²) in [6.45, 7) is 5.10. The van der Waals surface area contributed by atoms with E-state index in [1.54, 1.807) is 30.8 Å². The SMILES string of the molecule is Cc1nn(C)c(C)c1-c1nccnc1CC1CCCN(S(=O)(=O)N(C)C)C1. The van der Waals surface area contributed by atoms with Gasteiger partial charge in [0.15, 0.2) is 0 Å². The molecule has 1 aliphatic heterocycles. The molecule has 0 aliphatic carbocycles. The van der Waals surface area contributed by atoms with Crippen molar-refractivity contribution in [2.24, 2.45) is 13.0 Å². The third-order valence-electron chi connectivity index (χ3n) is 5.27.